The lowest BCUT2D eigenvalue weighted by Gasteiger charge is -2.35. The quantitative estimate of drug-likeness (QED) is 0.802. The number of ether oxygens (including phenoxy) is 2. The molecule has 0 radical (unpaired) electrons. The van der Waals surface area contributed by atoms with Gasteiger partial charge in [0, 0.05) is 17.2 Å². The fourth-order valence-electron chi connectivity index (χ4n) is 3.76. The first-order valence-electron chi connectivity index (χ1n) is 9.52. The summed E-state index contributed by atoms with van der Waals surface area (Å²) < 4.78 is 11.4. The fraction of sp³-hybridized carbons (Fsp3) is 0.571. The average Bonchev–Trinajstić information content (AvgIpc) is 3.01. The van der Waals surface area contributed by atoms with E-state index < -0.39 is 35.3 Å². The summed E-state index contributed by atoms with van der Waals surface area (Å²) in [4.78, 5) is 40.3. The first-order valence-corrected chi connectivity index (χ1v) is 9.52. The van der Waals surface area contributed by atoms with Gasteiger partial charge in [-0.15, -0.1) is 0 Å². The van der Waals surface area contributed by atoms with E-state index in [2.05, 4.69) is 5.32 Å². The Morgan fingerprint density at radius 2 is 2.00 bits per heavy atom. The summed E-state index contributed by atoms with van der Waals surface area (Å²) in [5.41, 5.74) is -1.01. The Kier molecular flexibility index (Phi) is 5.00. The molecule has 0 aliphatic carbocycles. The zero-order chi connectivity index (χ0) is 20.9. The van der Waals surface area contributed by atoms with E-state index in [1.807, 2.05) is 34.6 Å². The summed E-state index contributed by atoms with van der Waals surface area (Å²) >= 11 is 0. The van der Waals surface area contributed by atoms with Gasteiger partial charge in [-0.3, -0.25) is 14.4 Å². The number of amides is 2. The van der Waals surface area contributed by atoms with Crippen LogP contribution < -0.4 is 10.1 Å². The number of anilines is 1. The first-order chi connectivity index (χ1) is 12.9. The monoisotopic (exact) mass is 388 g/mol. The van der Waals surface area contributed by atoms with Crippen molar-refractivity contribution in [3.8, 4) is 5.75 Å². The van der Waals surface area contributed by atoms with Crippen molar-refractivity contribution < 1.29 is 23.9 Å². The molecule has 0 spiro atoms. The van der Waals surface area contributed by atoms with Gasteiger partial charge in [-0.05, 0) is 32.9 Å². The van der Waals surface area contributed by atoms with E-state index in [9.17, 15) is 14.4 Å². The van der Waals surface area contributed by atoms with Crippen LogP contribution in [0.2, 0.25) is 0 Å². The smallest absolute Gasteiger partial charge is 0.245 e. The molecule has 1 unspecified atom stereocenters. The molecule has 7 heteroatoms. The molecule has 0 bridgehead atoms. The molecule has 3 atom stereocenters. The van der Waals surface area contributed by atoms with Crippen molar-refractivity contribution in [1.82, 2.24) is 4.90 Å². The summed E-state index contributed by atoms with van der Waals surface area (Å²) in [6.07, 6.45) is -0.556. The third-order valence-electron chi connectivity index (χ3n) is 5.04. The Balaban J connectivity index is 1.82. The Morgan fingerprint density at radius 3 is 2.61 bits per heavy atom. The van der Waals surface area contributed by atoms with Crippen molar-refractivity contribution in [2.45, 2.75) is 59.4 Å². The zero-order valence-corrected chi connectivity index (χ0v) is 17.2. The molecule has 2 amide bonds. The molecule has 1 aromatic carbocycles. The second-order valence-electron chi connectivity index (χ2n) is 8.99. The number of carbonyl (C=O) groups excluding carboxylic acids is 3. The summed E-state index contributed by atoms with van der Waals surface area (Å²) in [6.45, 7) is 11.4. The van der Waals surface area contributed by atoms with Crippen LogP contribution in [0.25, 0.3) is 0 Å². The minimum Gasteiger partial charge on any atom is -0.491 e. The third-order valence-corrected chi connectivity index (χ3v) is 5.04. The normalized spacial score (nSPS) is 27.3. The van der Waals surface area contributed by atoms with Gasteiger partial charge in [-0.1, -0.05) is 26.8 Å². The van der Waals surface area contributed by atoms with Crippen LogP contribution in [0.3, 0.4) is 0 Å². The summed E-state index contributed by atoms with van der Waals surface area (Å²) in [6, 6.07) is 6.89. The molecule has 7 nitrogen and oxygen atoms in total. The molecule has 2 saturated heterocycles. The van der Waals surface area contributed by atoms with Crippen molar-refractivity contribution in [1.29, 1.82) is 0 Å². The van der Waals surface area contributed by atoms with E-state index in [-0.39, 0.29) is 18.1 Å². The van der Waals surface area contributed by atoms with E-state index in [1.54, 1.807) is 31.2 Å². The van der Waals surface area contributed by atoms with Crippen LogP contribution in [0.1, 0.15) is 41.5 Å². The van der Waals surface area contributed by atoms with E-state index in [0.717, 1.165) is 0 Å². The molecule has 2 fully saturated rings. The van der Waals surface area contributed by atoms with Crippen molar-refractivity contribution >= 4 is 23.3 Å². The first kappa shape index (κ1) is 20.3. The SMILES string of the molecule is CC(C)Oc1cccc(NC(=O)C2C(=O)N3[C@@H](C(C)(C)C)OC[C@]3(C)C2=O)c1. The van der Waals surface area contributed by atoms with Gasteiger partial charge < -0.3 is 19.7 Å². The molecular formula is C21H28N2O5. The molecule has 152 valence electrons. The number of nitrogens with one attached hydrogen (secondary N) is 1. The third kappa shape index (κ3) is 3.39. The largest absolute Gasteiger partial charge is 0.491 e. The van der Waals surface area contributed by atoms with E-state index in [4.69, 9.17) is 9.47 Å². The molecular weight excluding hydrogens is 360 g/mol. The second kappa shape index (κ2) is 6.88. The van der Waals surface area contributed by atoms with Gasteiger partial charge in [0.05, 0.1) is 12.7 Å². The van der Waals surface area contributed by atoms with Gasteiger partial charge >= 0.3 is 0 Å². The van der Waals surface area contributed by atoms with Crippen LogP contribution >= 0.6 is 0 Å². The predicted octanol–water partition coefficient (Wildman–Crippen LogP) is 2.60. The molecule has 0 saturated carbocycles. The van der Waals surface area contributed by atoms with E-state index in [0.29, 0.717) is 11.4 Å². The summed E-state index contributed by atoms with van der Waals surface area (Å²) in [5.74, 6) is -2.31. The molecule has 2 heterocycles. The highest BCUT2D eigenvalue weighted by Crippen LogP contribution is 2.44. The van der Waals surface area contributed by atoms with Gasteiger partial charge in [0.15, 0.2) is 11.7 Å². The van der Waals surface area contributed by atoms with Gasteiger partial charge in [0.2, 0.25) is 11.8 Å². The number of ketones is 1. The number of fused-ring (bicyclic) bond motifs is 1. The number of nitrogens with zero attached hydrogens (tertiary/aromatic N) is 1. The average molecular weight is 388 g/mol. The molecule has 0 aromatic heterocycles. The zero-order valence-electron chi connectivity index (χ0n) is 17.2. The van der Waals surface area contributed by atoms with E-state index >= 15 is 0 Å². The highest BCUT2D eigenvalue weighted by Gasteiger charge is 2.65. The van der Waals surface area contributed by atoms with Crippen LogP contribution in [0.15, 0.2) is 24.3 Å². The summed E-state index contributed by atoms with van der Waals surface area (Å²) in [5, 5.41) is 2.69. The van der Waals surface area contributed by atoms with Crippen LogP contribution in [0.4, 0.5) is 5.69 Å². The van der Waals surface area contributed by atoms with Gasteiger partial charge in [0.25, 0.3) is 0 Å². The Morgan fingerprint density at radius 1 is 1.32 bits per heavy atom. The van der Waals surface area contributed by atoms with Gasteiger partial charge in [0.1, 0.15) is 17.5 Å². The number of rotatable bonds is 4. The molecule has 1 aromatic rings. The minimum absolute atomic E-state index is 0.00889. The van der Waals surface area contributed by atoms with Crippen molar-refractivity contribution in [3.63, 3.8) is 0 Å². The Labute approximate surface area is 165 Å². The molecule has 3 rings (SSSR count). The maximum Gasteiger partial charge on any atom is 0.245 e. The highest BCUT2D eigenvalue weighted by atomic mass is 16.5. The standard InChI is InChI=1S/C21H28N2O5/c1-12(2)28-14-9-7-8-13(10-14)22-17(25)15-16(24)21(6)11-27-19(20(3,4)5)23(21)18(15)26/h7-10,12,15,19H,11H2,1-6H3,(H,22,25)/t15?,19-,21-/m1/s1. The number of hydrogen-bond donors (Lipinski definition) is 1. The van der Waals surface area contributed by atoms with Gasteiger partial charge in [-0.25, -0.2) is 0 Å². The number of Topliss-reactive ketones (excluding diaryl/α,β-unsaturated/α-hetero) is 1. The Bertz CT molecular complexity index is 813. The lowest BCUT2D eigenvalue weighted by atomic mass is 9.91. The number of hydrogen-bond acceptors (Lipinski definition) is 5. The molecule has 28 heavy (non-hydrogen) atoms. The maximum absolute atomic E-state index is 13.0. The van der Waals surface area contributed by atoms with Gasteiger partial charge in [-0.2, -0.15) is 0 Å². The summed E-state index contributed by atoms with van der Waals surface area (Å²) in [7, 11) is 0. The minimum atomic E-state index is -1.37. The maximum atomic E-state index is 13.0. The topological polar surface area (TPSA) is 84.9 Å². The van der Waals surface area contributed by atoms with Crippen LogP contribution in [-0.4, -0.2) is 47.0 Å². The van der Waals surface area contributed by atoms with Crippen molar-refractivity contribution in [2.24, 2.45) is 11.3 Å². The lowest BCUT2D eigenvalue weighted by Crippen LogP contribution is -2.50. The predicted molar refractivity (Wildman–Crippen MR) is 104 cm³/mol. The molecule has 2 aliphatic heterocycles. The van der Waals surface area contributed by atoms with Crippen molar-refractivity contribution in [3.05, 3.63) is 24.3 Å². The molecule has 1 N–H and O–H groups in total. The number of benzene rings is 1. The van der Waals surface area contributed by atoms with Crippen LogP contribution in [-0.2, 0) is 19.1 Å². The van der Waals surface area contributed by atoms with Crippen LogP contribution in [0, 0.1) is 11.3 Å². The Hall–Kier alpha value is -2.41. The van der Waals surface area contributed by atoms with E-state index in [1.165, 1.54) is 4.90 Å². The fourth-order valence-corrected chi connectivity index (χ4v) is 3.76. The molecule has 2 aliphatic rings. The van der Waals surface area contributed by atoms with Crippen molar-refractivity contribution in [2.75, 3.05) is 11.9 Å². The lowest BCUT2D eigenvalue weighted by molar-refractivity contribution is -0.146. The highest BCUT2D eigenvalue weighted by molar-refractivity contribution is 6.27. The second-order valence-corrected chi connectivity index (χ2v) is 8.99. The van der Waals surface area contributed by atoms with Crippen LogP contribution in [0.5, 0.6) is 5.75 Å². The number of carbonyl (C=O) groups is 3.